The molecule has 2 bridgehead atoms. The Kier molecular flexibility index (Phi) is 9.05. The number of hydrogen-bond acceptors (Lipinski definition) is 10. The number of rotatable bonds is 8. The summed E-state index contributed by atoms with van der Waals surface area (Å²) >= 11 is 0. The summed E-state index contributed by atoms with van der Waals surface area (Å²) < 4.78 is 25.7. The molecule has 1 saturated heterocycles. The number of esters is 2. The molecule has 1 unspecified atom stereocenters. The topological polar surface area (TPSA) is 149 Å². The second-order valence-electron chi connectivity index (χ2n) is 14.5. The van der Waals surface area contributed by atoms with E-state index in [2.05, 4.69) is 20.8 Å². The fourth-order valence-corrected chi connectivity index (χ4v) is 12.1. The molecular formula is C35H50O10Si. The zero-order valence-electron chi connectivity index (χ0n) is 28.3. The van der Waals surface area contributed by atoms with Crippen LogP contribution >= 0.6 is 0 Å². The van der Waals surface area contributed by atoms with Gasteiger partial charge in [0.25, 0.3) is 0 Å². The first-order chi connectivity index (χ1) is 21.5. The third-order valence-electron chi connectivity index (χ3n) is 12.2. The summed E-state index contributed by atoms with van der Waals surface area (Å²) in [7, 11) is -2.42. The molecule has 0 aromatic heterocycles. The summed E-state index contributed by atoms with van der Waals surface area (Å²) in [6.45, 7) is 14.1. The zero-order valence-corrected chi connectivity index (χ0v) is 29.3. The van der Waals surface area contributed by atoms with Crippen molar-refractivity contribution in [3.05, 3.63) is 47.0 Å². The number of hydrogen-bond donors (Lipinski definition) is 3. The average Bonchev–Trinajstić information content (AvgIpc) is 3.01. The lowest BCUT2D eigenvalue weighted by molar-refractivity contribution is -0.344. The first kappa shape index (κ1) is 34.9. The predicted octanol–water partition coefficient (Wildman–Crippen LogP) is 4.11. The fourth-order valence-electron chi connectivity index (χ4n) is 9.11. The summed E-state index contributed by atoms with van der Waals surface area (Å²) in [5.41, 5.74) is -5.70. The summed E-state index contributed by atoms with van der Waals surface area (Å²) in [5.74, 6) is -3.16. The van der Waals surface area contributed by atoms with Crippen molar-refractivity contribution in [2.45, 2.75) is 128 Å². The Labute approximate surface area is 272 Å². The van der Waals surface area contributed by atoms with Gasteiger partial charge in [0, 0.05) is 25.2 Å². The minimum absolute atomic E-state index is 0.105. The van der Waals surface area contributed by atoms with E-state index in [1.54, 1.807) is 58.0 Å². The van der Waals surface area contributed by atoms with Crippen LogP contribution in [0.4, 0.5) is 0 Å². The first-order valence-corrected chi connectivity index (χ1v) is 19.1. The van der Waals surface area contributed by atoms with Crippen LogP contribution in [0.15, 0.2) is 41.5 Å². The van der Waals surface area contributed by atoms with E-state index >= 15 is 4.79 Å². The minimum Gasteiger partial charge on any atom is -0.455 e. The Morgan fingerprint density at radius 2 is 1.65 bits per heavy atom. The van der Waals surface area contributed by atoms with Crippen LogP contribution < -0.4 is 0 Å². The number of fused-ring (bicyclic) bond motifs is 5. The van der Waals surface area contributed by atoms with Crippen molar-refractivity contribution < 1.29 is 48.3 Å². The van der Waals surface area contributed by atoms with Crippen molar-refractivity contribution >= 4 is 26.0 Å². The van der Waals surface area contributed by atoms with Gasteiger partial charge in [-0.3, -0.25) is 9.59 Å². The molecule has 2 saturated carbocycles. The van der Waals surface area contributed by atoms with Crippen LogP contribution in [0, 0.1) is 16.7 Å². The van der Waals surface area contributed by atoms with Crippen molar-refractivity contribution in [3.8, 4) is 0 Å². The largest absolute Gasteiger partial charge is 0.455 e. The zero-order chi connectivity index (χ0) is 34.0. The van der Waals surface area contributed by atoms with E-state index in [9.17, 15) is 24.9 Å². The number of Topliss-reactive ketones (excluding diaryl/α,β-unsaturated/α-hetero) is 1. The van der Waals surface area contributed by atoms with Gasteiger partial charge in [0.15, 0.2) is 19.7 Å². The Morgan fingerprint density at radius 1 is 1.04 bits per heavy atom. The molecule has 1 aromatic rings. The van der Waals surface area contributed by atoms with Crippen LogP contribution in [0.25, 0.3) is 0 Å². The normalized spacial score (nSPS) is 38.5. The highest BCUT2D eigenvalue weighted by atomic mass is 28.4. The molecule has 0 amide bonds. The molecule has 5 rings (SSSR count). The summed E-state index contributed by atoms with van der Waals surface area (Å²) in [6, 6.07) is 10.7. The average molecular weight is 659 g/mol. The van der Waals surface area contributed by atoms with E-state index < -0.39 is 84.5 Å². The van der Waals surface area contributed by atoms with E-state index in [-0.39, 0.29) is 30.6 Å². The number of carbonyl (C=O) groups is 3. The smallest absolute Gasteiger partial charge is 0.338 e. The van der Waals surface area contributed by atoms with E-state index in [0.717, 1.165) is 18.1 Å². The van der Waals surface area contributed by atoms with E-state index in [1.807, 2.05) is 0 Å². The molecule has 4 aliphatic rings. The Hall–Kier alpha value is -2.41. The first-order valence-electron chi connectivity index (χ1n) is 16.6. The van der Waals surface area contributed by atoms with Crippen molar-refractivity contribution in [2.24, 2.45) is 16.7 Å². The van der Waals surface area contributed by atoms with Crippen molar-refractivity contribution in [1.29, 1.82) is 0 Å². The predicted molar refractivity (Wildman–Crippen MR) is 171 cm³/mol. The number of ether oxygens (including phenoxy) is 3. The van der Waals surface area contributed by atoms with Gasteiger partial charge in [-0.05, 0) is 55.3 Å². The highest BCUT2D eigenvalue weighted by molar-refractivity contribution is 6.73. The van der Waals surface area contributed by atoms with Gasteiger partial charge in [-0.2, -0.15) is 0 Å². The maximum atomic E-state index is 15.1. The second-order valence-corrected chi connectivity index (χ2v) is 19.2. The van der Waals surface area contributed by atoms with Gasteiger partial charge < -0.3 is 34.0 Å². The number of aliphatic hydroxyl groups is 3. The van der Waals surface area contributed by atoms with E-state index in [4.69, 9.17) is 18.6 Å². The van der Waals surface area contributed by atoms with Gasteiger partial charge in [-0.15, -0.1) is 0 Å². The van der Waals surface area contributed by atoms with E-state index in [0.29, 0.717) is 5.57 Å². The standard InChI is InChI=1S/C35H50O10Si/c1-9-46(10-2,11-3)45-24-17-25-34(19-42-25,44-21(5)36)28-30(43-31(40)22-15-13-12-14-16-22)35(41)18-23(37)20(4)26(32(35,6)7)27(38)29(39)33(24,28)8/h12-16,23-25,27-28,30,37-38,41H,9-11,17-19H2,1-8H3/t23-,24-,25+,27-,28?,30-,33+,34-,35+/m0/s1. The Morgan fingerprint density at radius 3 is 2.17 bits per heavy atom. The number of carbonyl (C=O) groups excluding carboxylic acids is 3. The molecular weight excluding hydrogens is 608 g/mol. The molecule has 3 N–H and O–H groups in total. The monoisotopic (exact) mass is 658 g/mol. The molecule has 1 aromatic carbocycles. The third-order valence-corrected chi connectivity index (χ3v) is 16.9. The van der Waals surface area contributed by atoms with Crippen LogP contribution in [-0.2, 0) is 28.2 Å². The molecule has 9 atom stereocenters. The number of aliphatic hydroxyl groups excluding tert-OH is 2. The summed E-state index contributed by atoms with van der Waals surface area (Å²) in [5, 5.41) is 36.5. The van der Waals surface area contributed by atoms with Gasteiger partial charge >= 0.3 is 11.9 Å². The van der Waals surface area contributed by atoms with Gasteiger partial charge in [-0.1, -0.05) is 52.8 Å². The lowest BCUT2D eigenvalue weighted by Crippen LogP contribution is -2.82. The maximum Gasteiger partial charge on any atom is 0.338 e. The van der Waals surface area contributed by atoms with Crippen molar-refractivity contribution in [3.63, 3.8) is 0 Å². The van der Waals surface area contributed by atoms with Crippen LogP contribution in [-0.4, -0.2) is 89.7 Å². The highest BCUT2D eigenvalue weighted by Crippen LogP contribution is 2.64. The van der Waals surface area contributed by atoms with Crippen LogP contribution in [0.1, 0.15) is 78.6 Å². The van der Waals surface area contributed by atoms with Crippen molar-refractivity contribution in [1.82, 2.24) is 0 Å². The van der Waals surface area contributed by atoms with Gasteiger partial charge in [0.05, 0.1) is 35.7 Å². The fraction of sp³-hybridized carbons (Fsp3) is 0.686. The molecule has 10 nitrogen and oxygen atoms in total. The maximum absolute atomic E-state index is 15.1. The third kappa shape index (κ3) is 4.87. The molecule has 11 heteroatoms. The van der Waals surface area contributed by atoms with Gasteiger partial charge in [-0.25, -0.2) is 4.79 Å². The van der Waals surface area contributed by atoms with Crippen LogP contribution in [0.3, 0.4) is 0 Å². The summed E-state index contributed by atoms with van der Waals surface area (Å²) in [4.78, 5) is 41.9. The number of ketones is 1. The summed E-state index contributed by atoms with van der Waals surface area (Å²) in [6.07, 6.45) is -6.03. The van der Waals surface area contributed by atoms with Crippen molar-refractivity contribution in [2.75, 3.05) is 6.61 Å². The Balaban J connectivity index is 1.84. The molecule has 1 aliphatic heterocycles. The second kappa shape index (κ2) is 11.9. The van der Waals surface area contributed by atoms with Gasteiger partial charge in [0.2, 0.25) is 0 Å². The lowest BCUT2D eigenvalue weighted by atomic mass is 9.44. The minimum atomic E-state index is -2.42. The number of benzene rings is 1. The molecule has 254 valence electrons. The molecule has 0 spiro atoms. The molecule has 46 heavy (non-hydrogen) atoms. The SMILES string of the molecule is CC[Si](CC)(CC)O[C@H]1C[C@H]2OC[C@@]2(OC(C)=O)C2[C@H](OC(=O)c3ccccc3)[C@]3(O)C[C@H](O)C(C)=C([C@H](O)C(=O)[C@@]21C)C3(C)C. The molecule has 3 fully saturated rings. The molecule has 1 heterocycles. The highest BCUT2D eigenvalue weighted by Gasteiger charge is 2.78. The lowest BCUT2D eigenvalue weighted by Gasteiger charge is -2.68. The molecule has 0 radical (unpaired) electrons. The van der Waals surface area contributed by atoms with Gasteiger partial charge in [0.1, 0.15) is 23.9 Å². The quantitative estimate of drug-likeness (QED) is 0.212. The molecule has 3 aliphatic carbocycles. The van der Waals surface area contributed by atoms with Crippen LogP contribution in [0.5, 0.6) is 0 Å². The Bertz CT molecular complexity index is 1400. The van der Waals surface area contributed by atoms with Crippen LogP contribution in [0.2, 0.25) is 18.1 Å². The van der Waals surface area contributed by atoms with E-state index in [1.165, 1.54) is 6.92 Å².